The number of aromatic hydroxyl groups is 2. The summed E-state index contributed by atoms with van der Waals surface area (Å²) in [4.78, 5) is 4.12. The van der Waals surface area contributed by atoms with E-state index in [-0.39, 0.29) is 28.8 Å². The molecule has 106 valence electrons. The lowest BCUT2D eigenvalue weighted by Crippen LogP contribution is -1.84. The molecule has 0 fully saturated rings. The van der Waals surface area contributed by atoms with Gasteiger partial charge in [0.05, 0.1) is 5.56 Å². The van der Waals surface area contributed by atoms with Gasteiger partial charge in [-0.15, -0.1) is 0 Å². The summed E-state index contributed by atoms with van der Waals surface area (Å²) in [5.74, 6) is -0.436. The van der Waals surface area contributed by atoms with E-state index < -0.39 is 5.82 Å². The molecule has 0 unspecified atom stereocenters. The number of hydrogen-bond acceptors (Lipinski definition) is 5. The average Bonchev–Trinajstić information content (AvgIpc) is 2.87. The standard InChI is InChI=1S/C14H8BrFN2O3/c15-8-3-7(4-9(16)5-8)13-17-14(21-18-13)11-2-1-10(19)6-12(11)20/h1-6,19-20H. The molecule has 0 spiro atoms. The van der Waals surface area contributed by atoms with E-state index >= 15 is 0 Å². The van der Waals surface area contributed by atoms with Gasteiger partial charge in [-0.05, 0) is 30.3 Å². The van der Waals surface area contributed by atoms with E-state index in [9.17, 15) is 14.6 Å². The lowest BCUT2D eigenvalue weighted by molar-refractivity contribution is 0.423. The lowest BCUT2D eigenvalue weighted by atomic mass is 10.2. The highest BCUT2D eigenvalue weighted by atomic mass is 79.9. The Morgan fingerprint density at radius 3 is 2.62 bits per heavy atom. The van der Waals surface area contributed by atoms with Crippen molar-refractivity contribution < 1.29 is 19.1 Å². The van der Waals surface area contributed by atoms with Crippen molar-refractivity contribution in [3.63, 3.8) is 0 Å². The summed E-state index contributed by atoms with van der Waals surface area (Å²) in [6.07, 6.45) is 0. The minimum atomic E-state index is -0.432. The molecule has 1 heterocycles. The maximum atomic E-state index is 13.4. The molecule has 0 amide bonds. The number of benzene rings is 2. The van der Waals surface area contributed by atoms with Crippen LogP contribution in [0.2, 0.25) is 0 Å². The number of halogens is 2. The Labute approximate surface area is 126 Å². The number of aromatic nitrogens is 2. The van der Waals surface area contributed by atoms with E-state index in [0.717, 1.165) is 6.07 Å². The first-order chi connectivity index (χ1) is 10.0. The van der Waals surface area contributed by atoms with Crippen LogP contribution in [0, 0.1) is 5.82 Å². The van der Waals surface area contributed by atoms with E-state index in [1.54, 1.807) is 6.07 Å². The molecule has 1 aromatic heterocycles. The summed E-state index contributed by atoms with van der Waals surface area (Å²) < 4.78 is 19.0. The van der Waals surface area contributed by atoms with E-state index in [1.165, 1.54) is 24.3 Å². The van der Waals surface area contributed by atoms with Crippen LogP contribution in [0.3, 0.4) is 0 Å². The molecule has 0 bridgehead atoms. The molecular weight excluding hydrogens is 343 g/mol. The Morgan fingerprint density at radius 2 is 1.90 bits per heavy atom. The first kappa shape index (κ1) is 13.6. The van der Waals surface area contributed by atoms with Crippen LogP contribution in [0.5, 0.6) is 11.5 Å². The summed E-state index contributed by atoms with van der Waals surface area (Å²) in [6.45, 7) is 0. The van der Waals surface area contributed by atoms with Gasteiger partial charge in [-0.25, -0.2) is 4.39 Å². The number of phenols is 2. The van der Waals surface area contributed by atoms with Gasteiger partial charge in [-0.3, -0.25) is 0 Å². The van der Waals surface area contributed by atoms with Crippen LogP contribution in [-0.2, 0) is 0 Å². The minimum Gasteiger partial charge on any atom is -0.508 e. The van der Waals surface area contributed by atoms with Gasteiger partial charge < -0.3 is 14.7 Å². The van der Waals surface area contributed by atoms with Crippen LogP contribution >= 0.6 is 15.9 Å². The number of phenolic OH excluding ortho intramolecular Hbond substituents is 2. The second-order valence-corrected chi connectivity index (χ2v) is 5.20. The van der Waals surface area contributed by atoms with Crippen LogP contribution in [0.4, 0.5) is 4.39 Å². The summed E-state index contributed by atoms with van der Waals surface area (Å²) >= 11 is 3.19. The first-order valence-electron chi connectivity index (χ1n) is 5.85. The van der Waals surface area contributed by atoms with Crippen molar-refractivity contribution in [1.82, 2.24) is 10.1 Å². The van der Waals surface area contributed by atoms with Gasteiger partial charge in [-0.2, -0.15) is 4.98 Å². The normalized spacial score (nSPS) is 10.8. The second-order valence-electron chi connectivity index (χ2n) is 4.28. The predicted molar refractivity (Wildman–Crippen MR) is 76.2 cm³/mol. The third kappa shape index (κ3) is 2.73. The van der Waals surface area contributed by atoms with Crippen LogP contribution in [0.15, 0.2) is 45.4 Å². The Kier molecular flexibility index (Phi) is 3.34. The Bertz CT molecular complexity index is 799. The summed E-state index contributed by atoms with van der Waals surface area (Å²) in [5.41, 5.74) is 0.720. The van der Waals surface area contributed by atoms with E-state index in [2.05, 4.69) is 26.1 Å². The molecule has 3 aromatic rings. The van der Waals surface area contributed by atoms with Gasteiger partial charge in [0.1, 0.15) is 17.3 Å². The molecular formula is C14H8BrFN2O3. The van der Waals surface area contributed by atoms with Crippen molar-refractivity contribution in [3.8, 4) is 34.3 Å². The van der Waals surface area contributed by atoms with Crippen LogP contribution < -0.4 is 0 Å². The van der Waals surface area contributed by atoms with Crippen molar-refractivity contribution in [1.29, 1.82) is 0 Å². The molecule has 0 atom stereocenters. The van der Waals surface area contributed by atoms with Crippen molar-refractivity contribution in [2.45, 2.75) is 0 Å². The van der Waals surface area contributed by atoms with Gasteiger partial charge >= 0.3 is 0 Å². The maximum Gasteiger partial charge on any atom is 0.262 e. The van der Waals surface area contributed by atoms with Gasteiger partial charge in [0.25, 0.3) is 5.89 Å². The molecule has 0 radical (unpaired) electrons. The third-order valence-electron chi connectivity index (χ3n) is 2.76. The highest BCUT2D eigenvalue weighted by molar-refractivity contribution is 9.10. The average molecular weight is 351 g/mol. The zero-order valence-corrected chi connectivity index (χ0v) is 12.0. The van der Waals surface area contributed by atoms with Crippen LogP contribution in [0.1, 0.15) is 0 Å². The fourth-order valence-corrected chi connectivity index (χ4v) is 2.30. The van der Waals surface area contributed by atoms with Crippen molar-refractivity contribution in [2.75, 3.05) is 0 Å². The van der Waals surface area contributed by atoms with E-state index in [0.29, 0.717) is 10.0 Å². The van der Waals surface area contributed by atoms with Crippen LogP contribution in [-0.4, -0.2) is 20.4 Å². The second kappa shape index (κ2) is 5.17. The van der Waals surface area contributed by atoms with Gasteiger partial charge in [0, 0.05) is 16.1 Å². The summed E-state index contributed by atoms with van der Waals surface area (Å²) in [6, 6.07) is 8.24. The minimum absolute atomic E-state index is 0.0721. The fourth-order valence-electron chi connectivity index (χ4n) is 1.83. The maximum absolute atomic E-state index is 13.4. The SMILES string of the molecule is Oc1ccc(-c2nc(-c3cc(F)cc(Br)c3)no2)c(O)c1. The monoisotopic (exact) mass is 350 g/mol. The van der Waals surface area contributed by atoms with Crippen molar-refractivity contribution in [2.24, 2.45) is 0 Å². The van der Waals surface area contributed by atoms with Gasteiger partial charge in [-0.1, -0.05) is 21.1 Å². The molecule has 2 aromatic carbocycles. The highest BCUT2D eigenvalue weighted by Crippen LogP contribution is 2.32. The van der Waals surface area contributed by atoms with Crippen molar-refractivity contribution >= 4 is 15.9 Å². The number of hydrogen-bond donors (Lipinski definition) is 2. The zero-order valence-electron chi connectivity index (χ0n) is 10.4. The molecule has 21 heavy (non-hydrogen) atoms. The Balaban J connectivity index is 2.03. The molecule has 0 aliphatic rings. The molecule has 0 aliphatic heterocycles. The quantitative estimate of drug-likeness (QED) is 0.736. The molecule has 2 N–H and O–H groups in total. The molecule has 7 heteroatoms. The predicted octanol–water partition coefficient (Wildman–Crippen LogP) is 3.72. The molecule has 0 saturated carbocycles. The molecule has 5 nitrogen and oxygen atoms in total. The van der Waals surface area contributed by atoms with Crippen molar-refractivity contribution in [3.05, 3.63) is 46.7 Å². The van der Waals surface area contributed by atoms with Crippen LogP contribution in [0.25, 0.3) is 22.8 Å². The summed E-state index contributed by atoms with van der Waals surface area (Å²) in [7, 11) is 0. The third-order valence-corrected chi connectivity index (χ3v) is 3.22. The topological polar surface area (TPSA) is 79.4 Å². The largest absolute Gasteiger partial charge is 0.508 e. The van der Waals surface area contributed by atoms with E-state index in [4.69, 9.17) is 4.52 Å². The molecule has 0 saturated heterocycles. The van der Waals surface area contributed by atoms with E-state index in [1.807, 2.05) is 0 Å². The molecule has 3 rings (SSSR count). The fraction of sp³-hybridized carbons (Fsp3) is 0. The Morgan fingerprint density at radius 1 is 1.10 bits per heavy atom. The van der Waals surface area contributed by atoms with Gasteiger partial charge in [0.2, 0.25) is 5.82 Å². The first-order valence-corrected chi connectivity index (χ1v) is 6.65. The lowest BCUT2D eigenvalue weighted by Gasteiger charge is -1.99. The number of rotatable bonds is 2. The highest BCUT2D eigenvalue weighted by Gasteiger charge is 2.15. The zero-order chi connectivity index (χ0) is 15.0. The van der Waals surface area contributed by atoms with Gasteiger partial charge in [0.15, 0.2) is 0 Å². The number of nitrogens with zero attached hydrogens (tertiary/aromatic N) is 2. The summed E-state index contributed by atoms with van der Waals surface area (Å²) in [5, 5.41) is 22.8. The Hall–Kier alpha value is -2.41. The smallest absolute Gasteiger partial charge is 0.262 e. The molecule has 0 aliphatic carbocycles.